The number of carbonyl (C=O) groups is 2. The van der Waals surface area contributed by atoms with Gasteiger partial charge in [0.25, 0.3) is 11.7 Å². The molecule has 1 unspecified atom stereocenters. The summed E-state index contributed by atoms with van der Waals surface area (Å²) in [4.78, 5) is 28.0. The number of aliphatic hydroxyl groups excluding tert-OH is 1. The van der Waals surface area contributed by atoms with Crippen molar-refractivity contribution in [2.45, 2.75) is 19.9 Å². The predicted octanol–water partition coefficient (Wildman–Crippen LogP) is 5.60. The number of nitrogens with zero attached hydrogens (tertiary/aromatic N) is 1. The number of aryl methyl sites for hydroxylation is 2. The van der Waals surface area contributed by atoms with Gasteiger partial charge in [0.15, 0.2) is 0 Å². The first-order valence-electron chi connectivity index (χ1n) is 10.6. The molecule has 34 heavy (non-hydrogen) atoms. The van der Waals surface area contributed by atoms with Crippen molar-refractivity contribution in [3.8, 4) is 11.5 Å². The molecular weight excluding hydrogens is 454 g/mol. The van der Waals surface area contributed by atoms with E-state index < -0.39 is 17.7 Å². The van der Waals surface area contributed by atoms with Crippen molar-refractivity contribution in [3.63, 3.8) is 0 Å². The molecule has 6 nitrogen and oxygen atoms in total. The Morgan fingerprint density at radius 1 is 0.941 bits per heavy atom. The summed E-state index contributed by atoms with van der Waals surface area (Å²) < 4.78 is 10.5. The molecule has 3 aromatic carbocycles. The van der Waals surface area contributed by atoms with E-state index >= 15 is 0 Å². The highest BCUT2D eigenvalue weighted by Crippen LogP contribution is 2.43. The van der Waals surface area contributed by atoms with Gasteiger partial charge in [-0.05, 0) is 73.0 Å². The second-order valence-corrected chi connectivity index (χ2v) is 8.47. The Hall–Kier alpha value is -3.77. The first kappa shape index (κ1) is 23.4. The van der Waals surface area contributed by atoms with Crippen LogP contribution in [-0.2, 0) is 9.59 Å². The fourth-order valence-electron chi connectivity index (χ4n) is 4.07. The van der Waals surface area contributed by atoms with Crippen LogP contribution in [0.2, 0.25) is 5.02 Å². The molecule has 1 saturated heterocycles. The van der Waals surface area contributed by atoms with E-state index in [0.29, 0.717) is 28.3 Å². The van der Waals surface area contributed by atoms with Gasteiger partial charge >= 0.3 is 0 Å². The number of anilines is 1. The first-order chi connectivity index (χ1) is 16.3. The van der Waals surface area contributed by atoms with Crippen LogP contribution < -0.4 is 14.4 Å². The number of ketones is 1. The van der Waals surface area contributed by atoms with Gasteiger partial charge in [-0.15, -0.1) is 0 Å². The highest BCUT2D eigenvalue weighted by Gasteiger charge is 2.47. The lowest BCUT2D eigenvalue weighted by molar-refractivity contribution is -0.132. The van der Waals surface area contributed by atoms with Crippen molar-refractivity contribution < 1.29 is 24.2 Å². The van der Waals surface area contributed by atoms with Crippen molar-refractivity contribution in [1.82, 2.24) is 0 Å². The quantitative estimate of drug-likeness (QED) is 0.294. The molecule has 1 atom stereocenters. The molecule has 0 aliphatic carbocycles. The molecule has 1 amide bonds. The molecule has 0 bridgehead atoms. The minimum atomic E-state index is -0.863. The molecule has 0 saturated carbocycles. The van der Waals surface area contributed by atoms with Crippen LogP contribution in [0.1, 0.15) is 28.3 Å². The van der Waals surface area contributed by atoms with E-state index in [4.69, 9.17) is 21.1 Å². The van der Waals surface area contributed by atoms with Gasteiger partial charge in [-0.1, -0.05) is 29.8 Å². The van der Waals surface area contributed by atoms with Crippen molar-refractivity contribution in [1.29, 1.82) is 0 Å². The summed E-state index contributed by atoms with van der Waals surface area (Å²) in [5.41, 5.74) is 3.49. The maximum Gasteiger partial charge on any atom is 0.300 e. The third kappa shape index (κ3) is 4.01. The molecule has 0 aromatic heterocycles. The standard InChI is InChI=1S/C27H24ClNO5/c1-15-8-10-19(12-16(15)2)29-24(17-6-5-7-20(13-17)33-3)23(26(31)27(29)32)25(30)18-9-11-22(34-4)21(28)14-18/h5-14,24,30H,1-4H3/b25-23+. The number of methoxy groups -OCH3 is 2. The van der Waals surface area contributed by atoms with E-state index in [1.54, 1.807) is 49.6 Å². The number of Topliss-reactive ketones (excluding diaryl/α,β-unsaturated/α-hetero) is 1. The van der Waals surface area contributed by atoms with E-state index in [0.717, 1.165) is 11.1 Å². The van der Waals surface area contributed by atoms with E-state index in [9.17, 15) is 14.7 Å². The van der Waals surface area contributed by atoms with Gasteiger partial charge in [0.1, 0.15) is 17.3 Å². The Balaban J connectivity index is 1.96. The predicted molar refractivity (Wildman–Crippen MR) is 132 cm³/mol. The third-order valence-electron chi connectivity index (χ3n) is 6.05. The topological polar surface area (TPSA) is 76.1 Å². The molecule has 3 aromatic rings. The number of amides is 1. The smallest absolute Gasteiger partial charge is 0.300 e. The number of rotatable bonds is 5. The van der Waals surface area contributed by atoms with Crippen LogP contribution in [0.5, 0.6) is 11.5 Å². The second kappa shape index (κ2) is 9.23. The summed E-state index contributed by atoms with van der Waals surface area (Å²) in [6.07, 6.45) is 0. The lowest BCUT2D eigenvalue weighted by Crippen LogP contribution is -2.29. The minimum absolute atomic E-state index is 0.0299. The van der Waals surface area contributed by atoms with Crippen LogP contribution in [0.25, 0.3) is 5.76 Å². The zero-order chi connectivity index (χ0) is 24.6. The number of aliphatic hydroxyl groups is 1. The number of hydrogen-bond acceptors (Lipinski definition) is 5. The number of benzene rings is 3. The summed E-state index contributed by atoms with van der Waals surface area (Å²) in [6, 6.07) is 16.5. The average Bonchev–Trinajstić information content (AvgIpc) is 3.10. The number of hydrogen-bond donors (Lipinski definition) is 1. The number of carbonyl (C=O) groups excluding carboxylic acids is 2. The van der Waals surface area contributed by atoms with Gasteiger partial charge in [0.2, 0.25) is 0 Å². The van der Waals surface area contributed by atoms with Gasteiger partial charge < -0.3 is 14.6 Å². The zero-order valence-corrected chi connectivity index (χ0v) is 20.0. The van der Waals surface area contributed by atoms with E-state index in [1.807, 2.05) is 26.0 Å². The molecule has 174 valence electrons. The van der Waals surface area contributed by atoms with Crippen LogP contribution in [0.3, 0.4) is 0 Å². The lowest BCUT2D eigenvalue weighted by Gasteiger charge is -2.26. The molecule has 7 heteroatoms. The molecule has 4 rings (SSSR count). The van der Waals surface area contributed by atoms with Crippen molar-refractivity contribution in [3.05, 3.63) is 93.5 Å². The fraction of sp³-hybridized carbons (Fsp3) is 0.185. The summed E-state index contributed by atoms with van der Waals surface area (Å²) in [6.45, 7) is 3.91. The van der Waals surface area contributed by atoms with E-state index in [2.05, 4.69) is 0 Å². The van der Waals surface area contributed by atoms with Gasteiger partial charge in [-0.25, -0.2) is 0 Å². The summed E-state index contributed by atoms with van der Waals surface area (Å²) in [7, 11) is 3.03. The van der Waals surface area contributed by atoms with Crippen LogP contribution in [0, 0.1) is 13.8 Å². The molecule has 0 radical (unpaired) electrons. The second-order valence-electron chi connectivity index (χ2n) is 8.06. The first-order valence-corrected chi connectivity index (χ1v) is 11.0. The van der Waals surface area contributed by atoms with Gasteiger partial charge in [-0.2, -0.15) is 0 Å². The van der Waals surface area contributed by atoms with Gasteiger partial charge in [0.05, 0.1) is 30.9 Å². The SMILES string of the molecule is COc1cccc(C2/C(=C(\O)c3ccc(OC)c(Cl)c3)C(=O)C(=O)N2c2ccc(C)c(C)c2)c1. The van der Waals surface area contributed by atoms with Crippen LogP contribution >= 0.6 is 11.6 Å². The molecule has 1 heterocycles. The molecule has 1 aliphatic heterocycles. The van der Waals surface area contributed by atoms with Gasteiger partial charge in [-0.3, -0.25) is 14.5 Å². The Labute approximate surface area is 203 Å². The summed E-state index contributed by atoms with van der Waals surface area (Å²) in [5, 5.41) is 11.5. The Morgan fingerprint density at radius 2 is 1.71 bits per heavy atom. The zero-order valence-electron chi connectivity index (χ0n) is 19.3. The van der Waals surface area contributed by atoms with Crippen LogP contribution in [0.15, 0.2) is 66.2 Å². The molecule has 1 N–H and O–H groups in total. The average molecular weight is 478 g/mol. The molecular formula is C27H24ClNO5. The van der Waals surface area contributed by atoms with Crippen molar-refractivity contribution >= 4 is 34.7 Å². The van der Waals surface area contributed by atoms with E-state index in [1.165, 1.54) is 18.1 Å². The number of halogens is 1. The summed E-state index contributed by atoms with van der Waals surface area (Å²) >= 11 is 6.26. The lowest BCUT2D eigenvalue weighted by atomic mass is 9.94. The molecule has 1 aliphatic rings. The Bertz CT molecular complexity index is 1330. The normalized spacial score (nSPS) is 17.2. The highest BCUT2D eigenvalue weighted by atomic mass is 35.5. The third-order valence-corrected chi connectivity index (χ3v) is 6.34. The number of ether oxygens (including phenoxy) is 2. The Morgan fingerprint density at radius 3 is 2.35 bits per heavy atom. The maximum absolute atomic E-state index is 13.3. The van der Waals surface area contributed by atoms with E-state index in [-0.39, 0.29) is 16.4 Å². The van der Waals surface area contributed by atoms with Crippen LogP contribution in [-0.4, -0.2) is 31.0 Å². The molecule has 1 fully saturated rings. The minimum Gasteiger partial charge on any atom is -0.507 e. The van der Waals surface area contributed by atoms with Crippen LogP contribution in [0.4, 0.5) is 5.69 Å². The van der Waals surface area contributed by atoms with Gasteiger partial charge in [0, 0.05) is 11.3 Å². The van der Waals surface area contributed by atoms with Crippen molar-refractivity contribution in [2.75, 3.05) is 19.1 Å². The monoisotopic (exact) mass is 477 g/mol. The molecule has 0 spiro atoms. The maximum atomic E-state index is 13.3. The summed E-state index contributed by atoms with van der Waals surface area (Å²) in [5.74, 6) is -0.830. The Kier molecular flexibility index (Phi) is 6.35. The van der Waals surface area contributed by atoms with Crippen molar-refractivity contribution in [2.24, 2.45) is 0 Å². The highest BCUT2D eigenvalue weighted by molar-refractivity contribution is 6.51. The fourth-order valence-corrected chi connectivity index (χ4v) is 4.33. The largest absolute Gasteiger partial charge is 0.507 e.